The maximum atomic E-state index is 12.3. The van der Waals surface area contributed by atoms with Crippen LogP contribution in [-0.4, -0.2) is 65.1 Å². The molecule has 2 fully saturated rings. The van der Waals surface area contributed by atoms with Crippen molar-refractivity contribution < 1.29 is 22.7 Å². The van der Waals surface area contributed by atoms with Crippen molar-refractivity contribution >= 4 is 21.8 Å². The maximum Gasteiger partial charge on any atom is 0.279 e. The molecule has 1 aromatic carbocycles. The first-order valence-electron chi connectivity index (χ1n) is 8.26. The summed E-state index contributed by atoms with van der Waals surface area (Å²) in [7, 11) is -1.93. The van der Waals surface area contributed by atoms with Crippen molar-refractivity contribution in [1.82, 2.24) is 9.03 Å². The number of ether oxygens (including phenoxy) is 2. The van der Waals surface area contributed by atoms with E-state index in [0.29, 0.717) is 39.3 Å². The van der Waals surface area contributed by atoms with Crippen molar-refractivity contribution in [2.45, 2.75) is 6.42 Å². The Balaban J connectivity index is 1.57. The van der Waals surface area contributed by atoms with Gasteiger partial charge in [-0.15, -0.1) is 0 Å². The summed E-state index contributed by atoms with van der Waals surface area (Å²) in [6.07, 6.45) is 0.331. The van der Waals surface area contributed by atoms with Crippen molar-refractivity contribution in [2.75, 3.05) is 51.4 Å². The first kappa shape index (κ1) is 18.1. The van der Waals surface area contributed by atoms with Gasteiger partial charge in [-0.05, 0) is 30.2 Å². The van der Waals surface area contributed by atoms with Crippen LogP contribution in [0, 0.1) is 5.92 Å². The number of hydrogen-bond acceptors (Lipinski definition) is 5. The Labute approximate surface area is 147 Å². The van der Waals surface area contributed by atoms with Crippen molar-refractivity contribution in [1.29, 1.82) is 0 Å². The van der Waals surface area contributed by atoms with Crippen LogP contribution in [0.5, 0.6) is 5.75 Å². The van der Waals surface area contributed by atoms with Gasteiger partial charge in [0.2, 0.25) is 5.91 Å². The molecule has 1 atom stereocenters. The number of amides is 1. The Morgan fingerprint density at radius 1 is 1.24 bits per heavy atom. The largest absolute Gasteiger partial charge is 0.497 e. The fourth-order valence-corrected chi connectivity index (χ4v) is 4.29. The van der Waals surface area contributed by atoms with Crippen LogP contribution in [0.1, 0.15) is 6.42 Å². The van der Waals surface area contributed by atoms with Gasteiger partial charge in [-0.25, -0.2) is 4.72 Å². The molecule has 1 aromatic rings. The number of nitrogens with zero attached hydrogens (tertiary/aromatic N) is 2. The molecular weight excluding hydrogens is 346 g/mol. The molecule has 1 N–H and O–H groups in total. The van der Waals surface area contributed by atoms with E-state index in [1.807, 2.05) is 12.1 Å². The van der Waals surface area contributed by atoms with Crippen LogP contribution < -0.4 is 14.4 Å². The molecule has 2 saturated heterocycles. The Kier molecular flexibility index (Phi) is 5.57. The van der Waals surface area contributed by atoms with Crippen LogP contribution >= 0.6 is 0 Å². The molecule has 0 aromatic heterocycles. The van der Waals surface area contributed by atoms with Crippen molar-refractivity contribution in [3.05, 3.63) is 24.3 Å². The van der Waals surface area contributed by atoms with Gasteiger partial charge in [0.15, 0.2) is 0 Å². The number of methoxy groups -OCH3 is 1. The zero-order valence-corrected chi connectivity index (χ0v) is 15.0. The average molecular weight is 369 g/mol. The highest BCUT2D eigenvalue weighted by molar-refractivity contribution is 7.87. The number of carbonyl (C=O) groups is 1. The molecule has 9 heteroatoms. The Hall–Kier alpha value is -1.68. The lowest BCUT2D eigenvalue weighted by atomic mass is 10.1. The van der Waals surface area contributed by atoms with E-state index in [1.54, 1.807) is 24.1 Å². The normalized spacial score (nSPS) is 22.4. The standard InChI is InChI=1S/C16H23N3O5S/c1-23-15-4-2-14(3-5-15)19-12-13(10-16(19)20)11-17-25(21,22)18-6-8-24-9-7-18/h2-5,13,17H,6-12H2,1H3. The smallest absolute Gasteiger partial charge is 0.279 e. The molecule has 0 radical (unpaired) electrons. The lowest BCUT2D eigenvalue weighted by Crippen LogP contribution is -2.47. The third kappa shape index (κ3) is 4.30. The van der Waals surface area contributed by atoms with Crippen molar-refractivity contribution in [3.63, 3.8) is 0 Å². The summed E-state index contributed by atoms with van der Waals surface area (Å²) in [5, 5.41) is 0. The van der Waals surface area contributed by atoms with Crippen LogP contribution in [0.2, 0.25) is 0 Å². The highest BCUT2D eigenvalue weighted by atomic mass is 32.2. The lowest BCUT2D eigenvalue weighted by Gasteiger charge is -2.26. The number of nitrogens with one attached hydrogen (secondary N) is 1. The molecule has 1 unspecified atom stereocenters. The third-order valence-corrected chi connectivity index (χ3v) is 6.03. The molecule has 0 bridgehead atoms. The summed E-state index contributed by atoms with van der Waals surface area (Å²) in [6, 6.07) is 7.27. The maximum absolute atomic E-state index is 12.3. The van der Waals surface area contributed by atoms with Gasteiger partial charge < -0.3 is 14.4 Å². The number of rotatable bonds is 6. The molecule has 2 aliphatic rings. The summed E-state index contributed by atoms with van der Waals surface area (Å²) in [5.74, 6) is 0.677. The second-order valence-corrected chi connectivity index (χ2v) is 7.89. The quantitative estimate of drug-likeness (QED) is 0.775. The molecule has 25 heavy (non-hydrogen) atoms. The van der Waals surface area contributed by atoms with E-state index in [4.69, 9.17) is 9.47 Å². The lowest BCUT2D eigenvalue weighted by molar-refractivity contribution is -0.117. The van der Waals surface area contributed by atoms with E-state index in [1.165, 1.54) is 4.31 Å². The Morgan fingerprint density at radius 2 is 1.92 bits per heavy atom. The van der Waals surface area contributed by atoms with E-state index < -0.39 is 10.2 Å². The molecule has 2 aliphatic heterocycles. The zero-order chi connectivity index (χ0) is 17.9. The van der Waals surface area contributed by atoms with Gasteiger partial charge in [0.1, 0.15) is 5.75 Å². The fraction of sp³-hybridized carbons (Fsp3) is 0.562. The topological polar surface area (TPSA) is 88.2 Å². The summed E-state index contributed by atoms with van der Waals surface area (Å²) in [4.78, 5) is 13.9. The SMILES string of the molecule is COc1ccc(N2CC(CNS(=O)(=O)N3CCOCC3)CC2=O)cc1. The number of morpholine rings is 1. The van der Waals surface area contributed by atoms with E-state index in [0.717, 1.165) is 11.4 Å². The van der Waals surface area contributed by atoms with Gasteiger partial charge in [-0.1, -0.05) is 0 Å². The van der Waals surface area contributed by atoms with Gasteiger partial charge in [0, 0.05) is 38.3 Å². The minimum atomic E-state index is -3.52. The number of carbonyl (C=O) groups excluding carboxylic acids is 1. The first-order chi connectivity index (χ1) is 12.0. The van der Waals surface area contributed by atoms with Crippen LogP contribution in [-0.2, 0) is 19.7 Å². The van der Waals surface area contributed by atoms with Crippen LogP contribution in [0.4, 0.5) is 5.69 Å². The predicted octanol–water partition coefficient (Wildman–Crippen LogP) is 0.215. The molecule has 0 aliphatic carbocycles. The highest BCUT2D eigenvalue weighted by Gasteiger charge is 2.32. The van der Waals surface area contributed by atoms with Crippen molar-refractivity contribution in [3.8, 4) is 5.75 Å². The summed E-state index contributed by atoms with van der Waals surface area (Å²) in [5.41, 5.74) is 0.796. The average Bonchev–Trinajstić information content (AvgIpc) is 3.02. The second kappa shape index (κ2) is 7.69. The van der Waals surface area contributed by atoms with Gasteiger partial charge >= 0.3 is 0 Å². The van der Waals surface area contributed by atoms with Gasteiger partial charge in [-0.2, -0.15) is 12.7 Å². The van der Waals surface area contributed by atoms with Crippen LogP contribution in [0.3, 0.4) is 0 Å². The highest BCUT2D eigenvalue weighted by Crippen LogP contribution is 2.26. The van der Waals surface area contributed by atoms with Gasteiger partial charge in [0.05, 0.1) is 20.3 Å². The van der Waals surface area contributed by atoms with Crippen molar-refractivity contribution in [2.24, 2.45) is 5.92 Å². The van der Waals surface area contributed by atoms with Crippen LogP contribution in [0.15, 0.2) is 24.3 Å². The molecular formula is C16H23N3O5S. The Bertz CT molecular complexity index is 701. The molecule has 3 rings (SSSR count). The molecule has 0 saturated carbocycles. The van der Waals surface area contributed by atoms with Gasteiger partial charge in [0.25, 0.3) is 10.2 Å². The number of hydrogen-bond donors (Lipinski definition) is 1. The summed E-state index contributed by atoms with van der Waals surface area (Å²) in [6.45, 7) is 2.28. The zero-order valence-electron chi connectivity index (χ0n) is 14.2. The fourth-order valence-electron chi connectivity index (χ4n) is 3.03. The van der Waals surface area contributed by atoms with E-state index >= 15 is 0 Å². The summed E-state index contributed by atoms with van der Waals surface area (Å²) < 4.78 is 38.9. The molecule has 0 spiro atoms. The van der Waals surface area contributed by atoms with Crippen LogP contribution in [0.25, 0.3) is 0 Å². The van der Waals surface area contributed by atoms with Gasteiger partial charge in [-0.3, -0.25) is 4.79 Å². The minimum Gasteiger partial charge on any atom is -0.497 e. The first-order valence-corrected chi connectivity index (χ1v) is 9.70. The second-order valence-electron chi connectivity index (χ2n) is 6.14. The number of benzene rings is 1. The Morgan fingerprint density at radius 3 is 2.56 bits per heavy atom. The monoisotopic (exact) mass is 369 g/mol. The third-order valence-electron chi connectivity index (χ3n) is 4.45. The van der Waals surface area contributed by atoms with E-state index in [9.17, 15) is 13.2 Å². The number of anilines is 1. The van der Waals surface area contributed by atoms with E-state index in [-0.39, 0.29) is 18.4 Å². The molecule has 138 valence electrons. The summed E-state index contributed by atoms with van der Waals surface area (Å²) >= 11 is 0. The molecule has 2 heterocycles. The minimum absolute atomic E-state index is 0.000683. The molecule has 1 amide bonds. The predicted molar refractivity (Wildman–Crippen MR) is 92.8 cm³/mol. The molecule has 8 nitrogen and oxygen atoms in total. The van der Waals surface area contributed by atoms with E-state index in [2.05, 4.69) is 4.72 Å².